The van der Waals surface area contributed by atoms with E-state index in [1.807, 2.05) is 26.1 Å². The molecule has 0 amide bonds. The van der Waals surface area contributed by atoms with E-state index >= 15 is 0 Å². The van der Waals surface area contributed by atoms with Crippen molar-refractivity contribution in [3.05, 3.63) is 52.9 Å². The molecule has 2 aromatic heterocycles. The second kappa shape index (κ2) is 4.39. The standard InChI is InChI=1S/C13H15N3/c1-9-4-12(7-14-11(9)3)6-13-5-10(2)15-8-16-13/h4-5,7-8H,6H2,1-3H3. The molecule has 2 aromatic rings. The van der Waals surface area contributed by atoms with Crippen LogP contribution in [0.5, 0.6) is 0 Å². The Kier molecular flexibility index (Phi) is 2.95. The van der Waals surface area contributed by atoms with Gasteiger partial charge in [-0.25, -0.2) is 9.97 Å². The minimum absolute atomic E-state index is 0.817. The van der Waals surface area contributed by atoms with Crippen LogP contribution in [-0.2, 0) is 6.42 Å². The van der Waals surface area contributed by atoms with Crippen molar-refractivity contribution >= 4 is 0 Å². The highest BCUT2D eigenvalue weighted by atomic mass is 14.8. The summed E-state index contributed by atoms with van der Waals surface area (Å²) in [5.74, 6) is 0. The van der Waals surface area contributed by atoms with Crippen molar-refractivity contribution < 1.29 is 0 Å². The van der Waals surface area contributed by atoms with Gasteiger partial charge in [-0.3, -0.25) is 4.98 Å². The molecule has 16 heavy (non-hydrogen) atoms. The van der Waals surface area contributed by atoms with Gasteiger partial charge in [0.05, 0.1) is 0 Å². The van der Waals surface area contributed by atoms with Crippen LogP contribution in [0.2, 0.25) is 0 Å². The van der Waals surface area contributed by atoms with Gasteiger partial charge in [0.2, 0.25) is 0 Å². The molecule has 0 fully saturated rings. The summed E-state index contributed by atoms with van der Waals surface area (Å²) in [5, 5.41) is 0. The van der Waals surface area contributed by atoms with E-state index in [9.17, 15) is 0 Å². The lowest BCUT2D eigenvalue weighted by atomic mass is 10.1. The fourth-order valence-electron chi connectivity index (χ4n) is 1.61. The normalized spacial score (nSPS) is 10.4. The van der Waals surface area contributed by atoms with Crippen LogP contribution < -0.4 is 0 Å². The molecule has 2 rings (SSSR count). The summed E-state index contributed by atoms with van der Waals surface area (Å²) in [7, 11) is 0. The first-order chi connectivity index (χ1) is 7.65. The molecule has 3 heteroatoms. The number of hydrogen-bond acceptors (Lipinski definition) is 3. The number of hydrogen-bond donors (Lipinski definition) is 0. The van der Waals surface area contributed by atoms with Crippen molar-refractivity contribution in [2.45, 2.75) is 27.2 Å². The van der Waals surface area contributed by atoms with Gasteiger partial charge < -0.3 is 0 Å². The Balaban J connectivity index is 2.24. The third-order valence-electron chi connectivity index (χ3n) is 2.64. The van der Waals surface area contributed by atoms with E-state index in [1.165, 1.54) is 11.1 Å². The van der Waals surface area contributed by atoms with Crippen LogP contribution in [0.15, 0.2) is 24.7 Å². The first kappa shape index (κ1) is 10.7. The number of aromatic nitrogens is 3. The predicted molar refractivity (Wildman–Crippen MR) is 63.3 cm³/mol. The third-order valence-corrected chi connectivity index (χ3v) is 2.64. The first-order valence-electron chi connectivity index (χ1n) is 5.35. The van der Waals surface area contributed by atoms with Gasteiger partial charge in [0.25, 0.3) is 0 Å². The monoisotopic (exact) mass is 213 g/mol. The van der Waals surface area contributed by atoms with E-state index < -0.39 is 0 Å². The van der Waals surface area contributed by atoms with Crippen molar-refractivity contribution in [2.75, 3.05) is 0 Å². The SMILES string of the molecule is Cc1cc(Cc2cnc(C)c(C)c2)ncn1. The van der Waals surface area contributed by atoms with E-state index in [2.05, 4.69) is 27.9 Å². The number of pyridine rings is 1. The fourth-order valence-corrected chi connectivity index (χ4v) is 1.61. The lowest BCUT2D eigenvalue weighted by Crippen LogP contribution is -1.97. The summed E-state index contributed by atoms with van der Waals surface area (Å²) in [6.07, 6.45) is 4.34. The van der Waals surface area contributed by atoms with E-state index in [4.69, 9.17) is 0 Å². The molecule has 3 nitrogen and oxygen atoms in total. The first-order valence-corrected chi connectivity index (χ1v) is 5.35. The van der Waals surface area contributed by atoms with Gasteiger partial charge in [0.15, 0.2) is 0 Å². The van der Waals surface area contributed by atoms with Gasteiger partial charge >= 0.3 is 0 Å². The van der Waals surface area contributed by atoms with Crippen LogP contribution in [0, 0.1) is 20.8 Å². The summed E-state index contributed by atoms with van der Waals surface area (Å²) < 4.78 is 0. The van der Waals surface area contributed by atoms with E-state index in [0.29, 0.717) is 0 Å². The summed E-state index contributed by atoms with van der Waals surface area (Å²) >= 11 is 0. The number of nitrogens with zero attached hydrogens (tertiary/aromatic N) is 3. The van der Waals surface area contributed by atoms with Gasteiger partial charge in [-0.05, 0) is 38.0 Å². The van der Waals surface area contributed by atoms with Crippen LogP contribution >= 0.6 is 0 Å². The summed E-state index contributed by atoms with van der Waals surface area (Å²) in [6, 6.07) is 4.18. The maximum absolute atomic E-state index is 4.35. The molecule has 0 atom stereocenters. The average molecular weight is 213 g/mol. The topological polar surface area (TPSA) is 38.7 Å². The molecule has 0 saturated carbocycles. The molecule has 0 bridgehead atoms. The molecule has 2 heterocycles. The Bertz CT molecular complexity index is 506. The summed E-state index contributed by atoms with van der Waals surface area (Å²) in [4.78, 5) is 12.7. The van der Waals surface area contributed by atoms with Crippen LogP contribution in [0.4, 0.5) is 0 Å². The minimum Gasteiger partial charge on any atom is -0.261 e. The molecule has 82 valence electrons. The van der Waals surface area contributed by atoms with Crippen molar-refractivity contribution in [1.29, 1.82) is 0 Å². The molecule has 0 aliphatic heterocycles. The lowest BCUT2D eigenvalue weighted by molar-refractivity contribution is 0.983. The lowest BCUT2D eigenvalue weighted by Gasteiger charge is -2.04. The van der Waals surface area contributed by atoms with Gasteiger partial charge in [0.1, 0.15) is 6.33 Å². The Morgan fingerprint density at radius 3 is 2.50 bits per heavy atom. The quantitative estimate of drug-likeness (QED) is 0.768. The zero-order valence-electron chi connectivity index (χ0n) is 9.86. The highest BCUT2D eigenvalue weighted by Gasteiger charge is 2.01. The maximum Gasteiger partial charge on any atom is 0.115 e. The van der Waals surface area contributed by atoms with Crippen molar-refractivity contribution in [3.8, 4) is 0 Å². The molecule has 0 aliphatic rings. The second-order valence-electron chi connectivity index (χ2n) is 4.07. The minimum atomic E-state index is 0.817. The van der Waals surface area contributed by atoms with Gasteiger partial charge in [-0.2, -0.15) is 0 Å². The predicted octanol–water partition coefficient (Wildman–Crippen LogP) is 2.39. The molecular weight excluding hydrogens is 198 g/mol. The van der Waals surface area contributed by atoms with Crippen LogP contribution in [-0.4, -0.2) is 15.0 Å². The zero-order valence-corrected chi connectivity index (χ0v) is 9.86. The number of rotatable bonds is 2. The molecular formula is C13H15N3. The molecule has 0 radical (unpaired) electrons. The third kappa shape index (κ3) is 2.42. The van der Waals surface area contributed by atoms with Gasteiger partial charge in [-0.1, -0.05) is 6.07 Å². The smallest absolute Gasteiger partial charge is 0.115 e. The largest absolute Gasteiger partial charge is 0.261 e. The molecule has 0 saturated heterocycles. The molecule has 0 aliphatic carbocycles. The van der Waals surface area contributed by atoms with E-state index in [-0.39, 0.29) is 0 Å². The zero-order chi connectivity index (χ0) is 11.5. The van der Waals surface area contributed by atoms with E-state index in [1.54, 1.807) is 6.33 Å². The Hall–Kier alpha value is -1.77. The Labute approximate surface area is 95.6 Å². The average Bonchev–Trinajstić information content (AvgIpc) is 2.24. The molecule has 0 unspecified atom stereocenters. The second-order valence-corrected chi connectivity index (χ2v) is 4.07. The molecule has 0 spiro atoms. The fraction of sp³-hybridized carbons (Fsp3) is 0.308. The highest BCUT2D eigenvalue weighted by Crippen LogP contribution is 2.10. The van der Waals surface area contributed by atoms with Crippen LogP contribution in [0.25, 0.3) is 0 Å². The van der Waals surface area contributed by atoms with Gasteiger partial charge in [0, 0.05) is 29.7 Å². The summed E-state index contributed by atoms with van der Waals surface area (Å²) in [5.41, 5.74) is 5.55. The van der Waals surface area contributed by atoms with Crippen molar-refractivity contribution in [2.24, 2.45) is 0 Å². The molecule has 0 aromatic carbocycles. The maximum atomic E-state index is 4.35. The molecule has 0 N–H and O–H groups in total. The summed E-state index contributed by atoms with van der Waals surface area (Å²) in [6.45, 7) is 6.08. The van der Waals surface area contributed by atoms with E-state index in [0.717, 1.165) is 23.5 Å². The highest BCUT2D eigenvalue weighted by molar-refractivity contribution is 5.26. The van der Waals surface area contributed by atoms with Crippen LogP contribution in [0.1, 0.15) is 28.2 Å². The van der Waals surface area contributed by atoms with Crippen molar-refractivity contribution in [1.82, 2.24) is 15.0 Å². The Morgan fingerprint density at radius 1 is 1.00 bits per heavy atom. The number of aryl methyl sites for hydroxylation is 3. The van der Waals surface area contributed by atoms with Gasteiger partial charge in [-0.15, -0.1) is 0 Å². The van der Waals surface area contributed by atoms with Crippen LogP contribution in [0.3, 0.4) is 0 Å². The van der Waals surface area contributed by atoms with Crippen molar-refractivity contribution in [3.63, 3.8) is 0 Å². The Morgan fingerprint density at radius 2 is 1.81 bits per heavy atom.